The van der Waals surface area contributed by atoms with Crippen molar-refractivity contribution in [1.82, 2.24) is 25.0 Å². The topological polar surface area (TPSA) is 94.8 Å². The fraction of sp³-hybridized carbons (Fsp3) is 0.160. The number of hydrogen-bond donors (Lipinski definition) is 1. The molecular formula is C25H19ClN6O2. The largest absolute Gasteiger partial charge is 0.481 e. The number of carbonyl (C=O) groups is 1. The first-order valence-electron chi connectivity index (χ1n) is 10.5. The molecule has 8 nitrogen and oxygen atoms in total. The van der Waals surface area contributed by atoms with Gasteiger partial charge in [0.05, 0.1) is 17.6 Å². The van der Waals surface area contributed by atoms with Gasteiger partial charge >= 0.3 is 0 Å². The number of rotatable bonds is 5. The van der Waals surface area contributed by atoms with Crippen LogP contribution in [0.4, 0.5) is 5.82 Å². The van der Waals surface area contributed by atoms with Crippen LogP contribution in [0.3, 0.4) is 0 Å². The quantitative estimate of drug-likeness (QED) is 0.440. The average molecular weight is 471 g/mol. The number of ether oxygens (including phenoxy) is 1. The maximum Gasteiger partial charge on any atom is 0.272 e. The van der Waals surface area contributed by atoms with Gasteiger partial charge in [0.2, 0.25) is 5.91 Å². The third-order valence-electron chi connectivity index (χ3n) is 5.56. The molecule has 0 saturated heterocycles. The number of anilines is 1. The van der Waals surface area contributed by atoms with Crippen molar-refractivity contribution >= 4 is 23.3 Å². The van der Waals surface area contributed by atoms with E-state index in [0.717, 1.165) is 22.4 Å². The molecule has 0 bridgehead atoms. The molecule has 1 N–H and O–H groups in total. The summed E-state index contributed by atoms with van der Waals surface area (Å²) >= 11 is 6.00. The highest BCUT2D eigenvalue weighted by Gasteiger charge is 2.33. The fourth-order valence-electron chi connectivity index (χ4n) is 4.07. The summed E-state index contributed by atoms with van der Waals surface area (Å²) in [6.07, 6.45) is 7.16. The second-order valence-electron chi connectivity index (χ2n) is 7.78. The van der Waals surface area contributed by atoms with Crippen LogP contribution in [0.2, 0.25) is 5.02 Å². The first-order valence-corrected chi connectivity index (χ1v) is 10.9. The van der Waals surface area contributed by atoms with Crippen LogP contribution in [0.1, 0.15) is 29.2 Å². The lowest BCUT2D eigenvalue weighted by atomic mass is 9.86. The van der Waals surface area contributed by atoms with Gasteiger partial charge in [0, 0.05) is 28.5 Å². The monoisotopic (exact) mass is 470 g/mol. The van der Waals surface area contributed by atoms with E-state index in [-0.39, 0.29) is 30.8 Å². The molecule has 0 radical (unpaired) electrons. The van der Waals surface area contributed by atoms with Crippen LogP contribution in [0, 0.1) is 19.3 Å². The highest BCUT2D eigenvalue weighted by molar-refractivity contribution is 6.30. The average Bonchev–Trinajstić information content (AvgIpc) is 3.19. The molecule has 4 aromatic rings. The first kappa shape index (κ1) is 21.6. The summed E-state index contributed by atoms with van der Waals surface area (Å²) in [5.74, 6) is 3.56. The number of amides is 1. The Labute approximate surface area is 201 Å². The first-order chi connectivity index (χ1) is 16.5. The van der Waals surface area contributed by atoms with E-state index in [9.17, 15) is 4.79 Å². The standard InChI is InChI=1S/C25H19ClN6O2/c1-3-11-34-19-6-4-5-17(12-19)20-13-22(33)29-24-23(20)15(2)31-32(24)25-28-21(14-27-30-25)16-7-9-18(26)10-8-16/h1,4-10,12,14,20H,11,13H2,2H3,(H,29,33). The predicted octanol–water partition coefficient (Wildman–Crippen LogP) is 4.17. The Morgan fingerprint density at radius 3 is 2.88 bits per heavy atom. The zero-order chi connectivity index (χ0) is 23.7. The third kappa shape index (κ3) is 4.09. The molecule has 3 heterocycles. The number of aromatic nitrogens is 5. The Kier molecular flexibility index (Phi) is 5.70. The van der Waals surface area contributed by atoms with E-state index in [1.165, 1.54) is 4.68 Å². The number of halogens is 1. The van der Waals surface area contributed by atoms with Gasteiger partial charge in [0.25, 0.3) is 5.95 Å². The van der Waals surface area contributed by atoms with E-state index in [1.807, 2.05) is 43.3 Å². The minimum absolute atomic E-state index is 0.129. The normalized spacial score (nSPS) is 14.7. The summed E-state index contributed by atoms with van der Waals surface area (Å²) in [6.45, 7) is 2.07. The molecule has 1 aliphatic rings. The number of carbonyl (C=O) groups excluding carboxylic acids is 1. The minimum atomic E-state index is -0.209. The molecule has 0 fully saturated rings. The van der Waals surface area contributed by atoms with Crippen LogP contribution in [0.5, 0.6) is 5.75 Å². The summed E-state index contributed by atoms with van der Waals surface area (Å²) in [6, 6.07) is 14.9. The Balaban J connectivity index is 1.56. The molecule has 1 amide bonds. The summed E-state index contributed by atoms with van der Waals surface area (Å²) in [5.41, 5.74) is 4.04. The van der Waals surface area contributed by atoms with E-state index in [0.29, 0.717) is 22.3 Å². The predicted molar refractivity (Wildman–Crippen MR) is 128 cm³/mol. The van der Waals surface area contributed by atoms with Crippen molar-refractivity contribution < 1.29 is 9.53 Å². The van der Waals surface area contributed by atoms with Crippen molar-refractivity contribution in [2.45, 2.75) is 19.3 Å². The molecule has 1 unspecified atom stereocenters. The van der Waals surface area contributed by atoms with Crippen LogP contribution in [0.15, 0.2) is 54.7 Å². The SMILES string of the molecule is C#CCOc1cccc(C2CC(=O)Nc3c2c(C)nn3-c2nncc(-c3ccc(Cl)cc3)n2)c1. The van der Waals surface area contributed by atoms with Gasteiger partial charge in [0.1, 0.15) is 18.2 Å². The maximum atomic E-state index is 12.7. The molecule has 0 spiro atoms. The fourth-order valence-corrected chi connectivity index (χ4v) is 4.19. The summed E-state index contributed by atoms with van der Waals surface area (Å²) < 4.78 is 7.10. The molecule has 1 atom stereocenters. The zero-order valence-corrected chi connectivity index (χ0v) is 19.0. The van der Waals surface area contributed by atoms with Crippen molar-refractivity contribution in [2.75, 3.05) is 11.9 Å². The van der Waals surface area contributed by atoms with Crippen molar-refractivity contribution in [2.24, 2.45) is 0 Å². The van der Waals surface area contributed by atoms with Crippen molar-refractivity contribution in [3.05, 3.63) is 76.6 Å². The Morgan fingerprint density at radius 2 is 2.09 bits per heavy atom. The summed E-state index contributed by atoms with van der Waals surface area (Å²) in [4.78, 5) is 17.3. The molecule has 0 aliphatic carbocycles. The zero-order valence-electron chi connectivity index (χ0n) is 18.2. The number of fused-ring (bicyclic) bond motifs is 1. The van der Waals surface area contributed by atoms with E-state index in [2.05, 4.69) is 31.5 Å². The lowest BCUT2D eigenvalue weighted by Gasteiger charge is -2.24. The summed E-state index contributed by atoms with van der Waals surface area (Å²) in [7, 11) is 0. The highest BCUT2D eigenvalue weighted by Crippen LogP contribution is 2.40. The van der Waals surface area contributed by atoms with Gasteiger partial charge in [-0.05, 0) is 36.8 Å². The number of nitrogens with zero attached hydrogens (tertiary/aromatic N) is 5. The molecule has 1 aliphatic heterocycles. The lowest BCUT2D eigenvalue weighted by molar-refractivity contribution is -0.116. The number of nitrogens with one attached hydrogen (secondary N) is 1. The van der Waals surface area contributed by atoms with Crippen LogP contribution < -0.4 is 10.1 Å². The second-order valence-corrected chi connectivity index (χ2v) is 8.21. The minimum Gasteiger partial charge on any atom is -0.481 e. The Morgan fingerprint density at radius 1 is 1.26 bits per heavy atom. The van der Waals surface area contributed by atoms with Gasteiger partial charge in [-0.2, -0.15) is 14.9 Å². The van der Waals surface area contributed by atoms with E-state index >= 15 is 0 Å². The van der Waals surface area contributed by atoms with E-state index in [4.69, 9.17) is 22.8 Å². The number of benzene rings is 2. The molecule has 9 heteroatoms. The Hall–Kier alpha value is -4.22. The molecule has 168 valence electrons. The number of aryl methyl sites for hydroxylation is 1. The van der Waals surface area contributed by atoms with Gasteiger partial charge < -0.3 is 10.1 Å². The number of terminal acetylenes is 1. The van der Waals surface area contributed by atoms with Crippen LogP contribution in [0.25, 0.3) is 17.2 Å². The van der Waals surface area contributed by atoms with E-state index in [1.54, 1.807) is 18.3 Å². The second kappa shape index (κ2) is 8.96. The molecule has 2 aromatic heterocycles. The van der Waals surface area contributed by atoms with Gasteiger partial charge in [-0.3, -0.25) is 4.79 Å². The number of hydrogen-bond acceptors (Lipinski definition) is 6. The highest BCUT2D eigenvalue weighted by atomic mass is 35.5. The molecule has 5 rings (SSSR count). The molecule has 2 aromatic carbocycles. The van der Waals surface area contributed by atoms with Crippen molar-refractivity contribution in [3.63, 3.8) is 0 Å². The maximum absolute atomic E-state index is 12.7. The van der Waals surface area contributed by atoms with E-state index < -0.39 is 0 Å². The smallest absolute Gasteiger partial charge is 0.272 e. The molecule has 34 heavy (non-hydrogen) atoms. The van der Waals surface area contributed by atoms with Crippen LogP contribution >= 0.6 is 11.6 Å². The lowest BCUT2D eigenvalue weighted by Crippen LogP contribution is -2.25. The van der Waals surface area contributed by atoms with Crippen LogP contribution in [-0.4, -0.2) is 37.5 Å². The third-order valence-corrected chi connectivity index (χ3v) is 5.81. The van der Waals surface area contributed by atoms with Gasteiger partial charge in [-0.25, -0.2) is 4.98 Å². The molecular weight excluding hydrogens is 452 g/mol. The van der Waals surface area contributed by atoms with Gasteiger partial charge in [0.15, 0.2) is 0 Å². The summed E-state index contributed by atoms with van der Waals surface area (Å²) in [5, 5.41) is 16.5. The van der Waals surface area contributed by atoms with Gasteiger partial charge in [-0.1, -0.05) is 41.8 Å². The van der Waals surface area contributed by atoms with Crippen molar-refractivity contribution in [1.29, 1.82) is 0 Å². The van der Waals surface area contributed by atoms with Gasteiger partial charge in [-0.15, -0.1) is 11.5 Å². The van der Waals surface area contributed by atoms with Crippen molar-refractivity contribution in [3.8, 4) is 35.3 Å². The van der Waals surface area contributed by atoms with Crippen LogP contribution in [-0.2, 0) is 4.79 Å². The Bertz CT molecular complexity index is 1420. The molecule has 0 saturated carbocycles.